The van der Waals surface area contributed by atoms with E-state index in [2.05, 4.69) is 79.7 Å². The van der Waals surface area contributed by atoms with Gasteiger partial charge in [0.1, 0.15) is 0 Å². The van der Waals surface area contributed by atoms with E-state index < -0.39 is 0 Å². The SMILES string of the molecule is Cc1ccc2ccccc2c1-c1cccc2ccc3cccnc3c12. The van der Waals surface area contributed by atoms with Crippen LogP contribution in [0.4, 0.5) is 0 Å². The lowest BCUT2D eigenvalue weighted by Gasteiger charge is -2.14. The fourth-order valence-corrected chi connectivity index (χ4v) is 3.86. The zero-order valence-corrected chi connectivity index (χ0v) is 14.0. The van der Waals surface area contributed by atoms with Crippen LogP contribution in [0.5, 0.6) is 0 Å². The largest absolute Gasteiger partial charge is 0.256 e. The molecule has 0 atom stereocenters. The van der Waals surface area contributed by atoms with Crippen molar-refractivity contribution >= 4 is 32.4 Å². The van der Waals surface area contributed by atoms with Gasteiger partial charge in [-0.25, -0.2) is 0 Å². The number of benzene rings is 4. The second kappa shape index (κ2) is 5.42. The first-order chi connectivity index (χ1) is 12.3. The van der Waals surface area contributed by atoms with Crippen LogP contribution in [0, 0.1) is 6.92 Å². The van der Waals surface area contributed by atoms with Crippen molar-refractivity contribution < 1.29 is 0 Å². The number of aryl methyl sites for hydroxylation is 1. The van der Waals surface area contributed by atoms with E-state index in [1.807, 2.05) is 12.3 Å². The molecular weight excluding hydrogens is 302 g/mol. The average Bonchev–Trinajstić information content (AvgIpc) is 2.67. The Bertz CT molecular complexity index is 1250. The molecule has 1 heteroatoms. The second-order valence-corrected chi connectivity index (χ2v) is 6.52. The lowest BCUT2D eigenvalue weighted by Crippen LogP contribution is -1.90. The van der Waals surface area contributed by atoms with Gasteiger partial charge in [-0.15, -0.1) is 0 Å². The molecule has 5 rings (SSSR count). The first-order valence-electron chi connectivity index (χ1n) is 8.58. The molecule has 5 aromatic rings. The van der Waals surface area contributed by atoms with Gasteiger partial charge in [-0.2, -0.15) is 0 Å². The average molecular weight is 319 g/mol. The fourth-order valence-electron chi connectivity index (χ4n) is 3.86. The summed E-state index contributed by atoms with van der Waals surface area (Å²) in [5, 5.41) is 6.22. The number of fused-ring (bicyclic) bond motifs is 4. The summed E-state index contributed by atoms with van der Waals surface area (Å²) in [6.45, 7) is 2.19. The molecule has 0 aliphatic rings. The smallest absolute Gasteiger partial charge is 0.0786 e. The lowest BCUT2D eigenvalue weighted by molar-refractivity contribution is 1.43. The van der Waals surface area contributed by atoms with Crippen LogP contribution >= 0.6 is 0 Å². The van der Waals surface area contributed by atoms with Crippen molar-refractivity contribution in [3.8, 4) is 11.1 Å². The van der Waals surface area contributed by atoms with Crippen LogP contribution in [-0.4, -0.2) is 4.98 Å². The number of hydrogen-bond donors (Lipinski definition) is 0. The zero-order valence-electron chi connectivity index (χ0n) is 14.0. The van der Waals surface area contributed by atoms with Crippen LogP contribution in [0.15, 0.2) is 85.1 Å². The van der Waals surface area contributed by atoms with Gasteiger partial charge in [-0.3, -0.25) is 4.98 Å². The number of aromatic nitrogens is 1. The highest BCUT2D eigenvalue weighted by molar-refractivity contribution is 6.15. The molecular formula is C24H17N. The molecule has 25 heavy (non-hydrogen) atoms. The second-order valence-electron chi connectivity index (χ2n) is 6.52. The molecule has 0 aliphatic carbocycles. The highest BCUT2D eigenvalue weighted by Gasteiger charge is 2.13. The van der Waals surface area contributed by atoms with Crippen LogP contribution in [0.25, 0.3) is 43.6 Å². The third-order valence-electron chi connectivity index (χ3n) is 5.02. The Labute approximate surface area is 146 Å². The molecule has 0 saturated heterocycles. The zero-order chi connectivity index (χ0) is 16.8. The maximum absolute atomic E-state index is 4.71. The molecule has 1 heterocycles. The number of pyridine rings is 1. The van der Waals surface area contributed by atoms with E-state index >= 15 is 0 Å². The Morgan fingerprint density at radius 3 is 2.36 bits per heavy atom. The van der Waals surface area contributed by atoms with Crippen LogP contribution in [0.1, 0.15) is 5.56 Å². The highest BCUT2D eigenvalue weighted by atomic mass is 14.6. The molecule has 0 N–H and O–H groups in total. The molecule has 0 spiro atoms. The number of rotatable bonds is 1. The normalized spacial score (nSPS) is 11.4. The van der Waals surface area contributed by atoms with Crippen molar-refractivity contribution in [3.05, 3.63) is 90.6 Å². The quantitative estimate of drug-likeness (QED) is 0.321. The highest BCUT2D eigenvalue weighted by Crippen LogP contribution is 2.38. The predicted octanol–water partition coefficient (Wildman–Crippen LogP) is 6.52. The summed E-state index contributed by atoms with van der Waals surface area (Å²) in [5.74, 6) is 0. The first-order valence-corrected chi connectivity index (χ1v) is 8.58. The third-order valence-corrected chi connectivity index (χ3v) is 5.02. The molecule has 1 aromatic heterocycles. The summed E-state index contributed by atoms with van der Waals surface area (Å²) in [6, 6.07) is 28.1. The Balaban J connectivity index is 2.01. The van der Waals surface area contributed by atoms with Gasteiger partial charge in [0.2, 0.25) is 0 Å². The van der Waals surface area contributed by atoms with Gasteiger partial charge in [0.05, 0.1) is 5.52 Å². The van der Waals surface area contributed by atoms with E-state index in [9.17, 15) is 0 Å². The maximum atomic E-state index is 4.71. The maximum Gasteiger partial charge on any atom is 0.0786 e. The first kappa shape index (κ1) is 14.2. The molecule has 0 fully saturated rings. The third kappa shape index (κ3) is 2.13. The van der Waals surface area contributed by atoms with Gasteiger partial charge < -0.3 is 0 Å². The summed E-state index contributed by atoms with van der Waals surface area (Å²) in [7, 11) is 0. The number of hydrogen-bond acceptors (Lipinski definition) is 1. The van der Waals surface area contributed by atoms with Gasteiger partial charge in [0.25, 0.3) is 0 Å². The molecule has 1 nitrogen and oxygen atoms in total. The van der Waals surface area contributed by atoms with Crippen molar-refractivity contribution in [2.24, 2.45) is 0 Å². The van der Waals surface area contributed by atoms with Gasteiger partial charge in [0.15, 0.2) is 0 Å². The van der Waals surface area contributed by atoms with Crippen LogP contribution in [0.2, 0.25) is 0 Å². The van der Waals surface area contributed by atoms with Crippen molar-refractivity contribution in [1.29, 1.82) is 0 Å². The van der Waals surface area contributed by atoms with Gasteiger partial charge in [0, 0.05) is 17.0 Å². The van der Waals surface area contributed by atoms with Crippen molar-refractivity contribution in [3.63, 3.8) is 0 Å². The fraction of sp³-hybridized carbons (Fsp3) is 0.0417. The lowest BCUT2D eigenvalue weighted by atomic mass is 9.90. The molecule has 0 unspecified atom stereocenters. The van der Waals surface area contributed by atoms with Gasteiger partial charge in [-0.05, 0) is 45.8 Å². The van der Waals surface area contributed by atoms with Crippen LogP contribution < -0.4 is 0 Å². The Hall–Kier alpha value is -3.19. The summed E-state index contributed by atoms with van der Waals surface area (Å²) < 4.78 is 0. The molecule has 4 aromatic carbocycles. The van der Waals surface area contributed by atoms with Crippen molar-refractivity contribution in [1.82, 2.24) is 4.98 Å². The van der Waals surface area contributed by atoms with E-state index in [1.165, 1.54) is 43.6 Å². The van der Waals surface area contributed by atoms with Crippen molar-refractivity contribution in [2.45, 2.75) is 6.92 Å². The van der Waals surface area contributed by atoms with Gasteiger partial charge >= 0.3 is 0 Å². The number of nitrogens with zero attached hydrogens (tertiary/aromatic N) is 1. The van der Waals surface area contributed by atoms with Crippen molar-refractivity contribution in [2.75, 3.05) is 0 Å². The summed E-state index contributed by atoms with van der Waals surface area (Å²) in [6.07, 6.45) is 1.88. The minimum atomic E-state index is 1.07. The predicted molar refractivity (Wildman–Crippen MR) is 107 cm³/mol. The van der Waals surface area contributed by atoms with Crippen LogP contribution in [-0.2, 0) is 0 Å². The Kier molecular flexibility index (Phi) is 3.07. The van der Waals surface area contributed by atoms with E-state index in [1.54, 1.807) is 0 Å². The summed E-state index contributed by atoms with van der Waals surface area (Å²) >= 11 is 0. The van der Waals surface area contributed by atoms with E-state index in [-0.39, 0.29) is 0 Å². The van der Waals surface area contributed by atoms with E-state index in [0.29, 0.717) is 0 Å². The minimum absolute atomic E-state index is 1.07. The molecule has 0 saturated carbocycles. The standard InChI is InChI=1S/C24H17N/c1-16-11-12-17-6-2-3-9-20(17)22(16)21-10-4-7-18-13-14-19-8-5-15-25-24(19)23(18)21/h2-15H,1H3. The molecule has 0 bridgehead atoms. The molecule has 118 valence electrons. The van der Waals surface area contributed by atoms with Gasteiger partial charge in [-0.1, -0.05) is 72.8 Å². The summed E-state index contributed by atoms with van der Waals surface area (Å²) in [4.78, 5) is 4.71. The minimum Gasteiger partial charge on any atom is -0.256 e. The molecule has 0 amide bonds. The summed E-state index contributed by atoms with van der Waals surface area (Å²) in [5.41, 5.74) is 4.93. The monoisotopic (exact) mass is 319 g/mol. The van der Waals surface area contributed by atoms with E-state index in [4.69, 9.17) is 4.98 Å². The molecule has 0 aliphatic heterocycles. The van der Waals surface area contributed by atoms with E-state index in [0.717, 1.165) is 5.52 Å². The topological polar surface area (TPSA) is 12.9 Å². The van der Waals surface area contributed by atoms with Crippen LogP contribution in [0.3, 0.4) is 0 Å². The Morgan fingerprint density at radius 1 is 0.640 bits per heavy atom. The Morgan fingerprint density at radius 2 is 1.40 bits per heavy atom. The molecule has 0 radical (unpaired) electrons.